The van der Waals surface area contributed by atoms with Gasteiger partial charge in [-0.1, -0.05) is 12.1 Å². The fourth-order valence-electron chi connectivity index (χ4n) is 3.54. The SMILES string of the molecule is O=C1c2ccccc2C(=O)N1CCN1CCN(CC2CC2)CC1. The van der Waals surface area contributed by atoms with Gasteiger partial charge in [0.25, 0.3) is 11.8 Å². The first-order chi connectivity index (χ1) is 11.2. The average Bonchev–Trinajstić information content (AvgIpc) is 3.36. The van der Waals surface area contributed by atoms with Gasteiger partial charge in [-0.25, -0.2) is 0 Å². The highest BCUT2D eigenvalue weighted by atomic mass is 16.2. The third kappa shape index (κ3) is 3.03. The number of hydrogen-bond donors (Lipinski definition) is 0. The number of carbonyl (C=O) groups excluding carboxylic acids is 2. The van der Waals surface area contributed by atoms with Gasteiger partial charge in [-0.15, -0.1) is 0 Å². The lowest BCUT2D eigenvalue weighted by molar-refractivity contribution is 0.0613. The standard InChI is InChI=1S/C18H23N3O2/c22-17-15-3-1-2-4-16(15)18(23)21(17)12-11-19-7-9-20(10-8-19)13-14-5-6-14/h1-4,14H,5-13H2. The van der Waals surface area contributed by atoms with Gasteiger partial charge in [-0.05, 0) is 30.9 Å². The molecule has 1 saturated carbocycles. The van der Waals surface area contributed by atoms with Crippen LogP contribution in [0.1, 0.15) is 33.6 Å². The Kier molecular flexibility index (Phi) is 3.91. The summed E-state index contributed by atoms with van der Waals surface area (Å²) in [5.41, 5.74) is 1.10. The summed E-state index contributed by atoms with van der Waals surface area (Å²) in [7, 11) is 0. The lowest BCUT2D eigenvalue weighted by Gasteiger charge is -2.35. The molecule has 0 bridgehead atoms. The van der Waals surface area contributed by atoms with Crippen molar-refractivity contribution in [2.45, 2.75) is 12.8 Å². The van der Waals surface area contributed by atoms with Crippen LogP contribution in [0, 0.1) is 5.92 Å². The molecule has 0 aromatic heterocycles. The Balaban J connectivity index is 1.29. The maximum atomic E-state index is 12.3. The Morgan fingerprint density at radius 2 is 1.39 bits per heavy atom. The molecule has 0 unspecified atom stereocenters. The Hall–Kier alpha value is -1.72. The maximum absolute atomic E-state index is 12.3. The van der Waals surface area contributed by atoms with Gasteiger partial charge in [0, 0.05) is 45.8 Å². The second kappa shape index (κ2) is 6.06. The fraction of sp³-hybridized carbons (Fsp3) is 0.556. The Morgan fingerprint density at radius 1 is 0.826 bits per heavy atom. The van der Waals surface area contributed by atoms with Crippen LogP contribution in [-0.2, 0) is 0 Å². The topological polar surface area (TPSA) is 43.9 Å². The van der Waals surface area contributed by atoms with E-state index in [1.807, 2.05) is 12.1 Å². The summed E-state index contributed by atoms with van der Waals surface area (Å²) < 4.78 is 0. The second-order valence-electron chi connectivity index (χ2n) is 6.89. The van der Waals surface area contributed by atoms with Crippen molar-refractivity contribution in [1.29, 1.82) is 0 Å². The number of amides is 2. The van der Waals surface area contributed by atoms with Crippen molar-refractivity contribution in [2.75, 3.05) is 45.8 Å². The molecule has 1 aromatic rings. The largest absolute Gasteiger partial charge is 0.301 e. The number of benzene rings is 1. The summed E-state index contributed by atoms with van der Waals surface area (Å²) in [6.45, 7) is 6.83. The molecule has 2 fully saturated rings. The lowest BCUT2D eigenvalue weighted by atomic mass is 10.1. The summed E-state index contributed by atoms with van der Waals surface area (Å²) in [4.78, 5) is 31.0. The van der Waals surface area contributed by atoms with E-state index in [2.05, 4.69) is 9.80 Å². The van der Waals surface area contributed by atoms with Gasteiger partial charge in [0.05, 0.1) is 11.1 Å². The first kappa shape index (κ1) is 14.8. The second-order valence-corrected chi connectivity index (χ2v) is 6.89. The van der Waals surface area contributed by atoms with E-state index < -0.39 is 0 Å². The van der Waals surface area contributed by atoms with E-state index >= 15 is 0 Å². The van der Waals surface area contributed by atoms with Gasteiger partial charge in [0.2, 0.25) is 0 Å². The predicted molar refractivity (Wildman–Crippen MR) is 87.4 cm³/mol. The molecule has 1 aromatic carbocycles. The van der Waals surface area contributed by atoms with Gasteiger partial charge in [0.1, 0.15) is 0 Å². The first-order valence-electron chi connectivity index (χ1n) is 8.62. The zero-order valence-corrected chi connectivity index (χ0v) is 13.4. The van der Waals surface area contributed by atoms with Gasteiger partial charge in [0.15, 0.2) is 0 Å². The minimum atomic E-state index is -0.141. The average molecular weight is 313 g/mol. The van der Waals surface area contributed by atoms with Gasteiger partial charge in [-0.3, -0.25) is 19.4 Å². The Labute approximate surface area is 136 Å². The molecule has 2 amide bonds. The van der Waals surface area contributed by atoms with Crippen LogP contribution in [0.25, 0.3) is 0 Å². The summed E-state index contributed by atoms with van der Waals surface area (Å²) in [5, 5.41) is 0. The summed E-state index contributed by atoms with van der Waals surface area (Å²) in [6.07, 6.45) is 2.81. The summed E-state index contributed by atoms with van der Waals surface area (Å²) in [5.74, 6) is 0.663. The van der Waals surface area contributed by atoms with Crippen LogP contribution in [0.15, 0.2) is 24.3 Å². The van der Waals surface area contributed by atoms with Crippen LogP contribution in [0.5, 0.6) is 0 Å². The zero-order valence-electron chi connectivity index (χ0n) is 13.4. The number of rotatable bonds is 5. The number of hydrogen-bond acceptors (Lipinski definition) is 4. The highest BCUT2D eigenvalue weighted by molar-refractivity contribution is 6.21. The van der Waals surface area contributed by atoms with Gasteiger partial charge in [-0.2, -0.15) is 0 Å². The predicted octanol–water partition coefficient (Wildman–Crippen LogP) is 1.31. The molecule has 2 heterocycles. The minimum absolute atomic E-state index is 0.141. The normalized spacial score (nSPS) is 22.7. The van der Waals surface area contributed by atoms with Crippen molar-refractivity contribution in [3.63, 3.8) is 0 Å². The van der Waals surface area contributed by atoms with Crippen LogP contribution < -0.4 is 0 Å². The van der Waals surface area contributed by atoms with Crippen LogP contribution >= 0.6 is 0 Å². The van der Waals surface area contributed by atoms with Crippen molar-refractivity contribution in [2.24, 2.45) is 5.92 Å². The minimum Gasteiger partial charge on any atom is -0.301 e. The monoisotopic (exact) mass is 313 g/mol. The zero-order chi connectivity index (χ0) is 15.8. The van der Waals surface area contributed by atoms with E-state index in [4.69, 9.17) is 0 Å². The van der Waals surface area contributed by atoms with E-state index in [0.29, 0.717) is 17.7 Å². The number of piperazine rings is 1. The number of nitrogens with zero attached hydrogens (tertiary/aromatic N) is 3. The Bertz CT molecular complexity index is 583. The molecule has 2 aliphatic heterocycles. The number of fused-ring (bicyclic) bond motifs is 1. The maximum Gasteiger partial charge on any atom is 0.261 e. The van der Waals surface area contributed by atoms with Gasteiger partial charge >= 0.3 is 0 Å². The summed E-state index contributed by atoms with van der Waals surface area (Å²) in [6, 6.07) is 7.11. The van der Waals surface area contributed by atoms with Crippen LogP contribution in [0.2, 0.25) is 0 Å². The van der Waals surface area contributed by atoms with Crippen molar-refractivity contribution >= 4 is 11.8 Å². The van der Waals surface area contributed by atoms with E-state index in [0.717, 1.165) is 38.6 Å². The number of carbonyl (C=O) groups is 2. The highest BCUT2D eigenvalue weighted by Crippen LogP contribution is 2.30. The fourth-order valence-corrected chi connectivity index (χ4v) is 3.54. The smallest absolute Gasteiger partial charge is 0.261 e. The van der Waals surface area contributed by atoms with Crippen LogP contribution in [-0.4, -0.2) is 72.3 Å². The van der Waals surface area contributed by atoms with Gasteiger partial charge < -0.3 is 4.90 Å². The third-order valence-corrected chi connectivity index (χ3v) is 5.20. The highest BCUT2D eigenvalue weighted by Gasteiger charge is 2.35. The van der Waals surface area contributed by atoms with E-state index in [1.54, 1.807) is 12.1 Å². The quantitative estimate of drug-likeness (QED) is 0.769. The summed E-state index contributed by atoms with van der Waals surface area (Å²) >= 11 is 0. The number of imide groups is 1. The van der Waals surface area contributed by atoms with E-state index in [-0.39, 0.29) is 11.8 Å². The first-order valence-corrected chi connectivity index (χ1v) is 8.62. The van der Waals surface area contributed by atoms with Crippen LogP contribution in [0.3, 0.4) is 0 Å². The molecule has 1 aliphatic carbocycles. The molecule has 5 nitrogen and oxygen atoms in total. The van der Waals surface area contributed by atoms with Crippen molar-refractivity contribution in [1.82, 2.24) is 14.7 Å². The van der Waals surface area contributed by atoms with E-state index in [9.17, 15) is 9.59 Å². The molecule has 23 heavy (non-hydrogen) atoms. The molecule has 0 radical (unpaired) electrons. The van der Waals surface area contributed by atoms with Crippen molar-refractivity contribution in [3.05, 3.63) is 35.4 Å². The Morgan fingerprint density at radius 3 is 1.96 bits per heavy atom. The molecular formula is C18H23N3O2. The third-order valence-electron chi connectivity index (χ3n) is 5.20. The molecule has 1 saturated heterocycles. The lowest BCUT2D eigenvalue weighted by Crippen LogP contribution is -2.49. The molecule has 3 aliphatic rings. The molecule has 0 atom stereocenters. The molecule has 4 rings (SSSR count). The van der Waals surface area contributed by atoms with Crippen LogP contribution in [0.4, 0.5) is 0 Å². The molecule has 5 heteroatoms. The molecule has 122 valence electrons. The molecule has 0 N–H and O–H groups in total. The van der Waals surface area contributed by atoms with Crippen molar-refractivity contribution in [3.8, 4) is 0 Å². The molecular weight excluding hydrogens is 290 g/mol. The van der Waals surface area contributed by atoms with E-state index in [1.165, 1.54) is 24.3 Å². The molecule has 0 spiro atoms. The van der Waals surface area contributed by atoms with Crippen molar-refractivity contribution < 1.29 is 9.59 Å².